The molecular weight excluding hydrogens is 390 g/mol. The van der Waals surface area contributed by atoms with E-state index in [1.54, 1.807) is 40.3 Å². The highest BCUT2D eigenvalue weighted by molar-refractivity contribution is 8.15. The van der Waals surface area contributed by atoms with Crippen molar-refractivity contribution in [1.29, 1.82) is 0 Å². The Morgan fingerprint density at radius 1 is 0.964 bits per heavy atom. The Bertz CT molecular complexity index is 994. The Balaban J connectivity index is 1.57. The van der Waals surface area contributed by atoms with Crippen LogP contribution in [0.3, 0.4) is 0 Å². The molecule has 0 aliphatic carbocycles. The predicted octanol–water partition coefficient (Wildman–Crippen LogP) is 3.82. The van der Waals surface area contributed by atoms with E-state index in [2.05, 4.69) is 19.1 Å². The van der Waals surface area contributed by atoms with Crippen molar-refractivity contribution in [1.82, 2.24) is 4.31 Å². The summed E-state index contributed by atoms with van der Waals surface area (Å²) >= 11 is 1.70. The van der Waals surface area contributed by atoms with Crippen molar-refractivity contribution in [2.24, 2.45) is 9.98 Å². The van der Waals surface area contributed by atoms with E-state index in [0.717, 1.165) is 22.1 Å². The quantitative estimate of drug-likeness (QED) is 0.765. The van der Waals surface area contributed by atoms with Crippen LogP contribution in [0.4, 0.5) is 0 Å². The SMILES string of the molecule is CCSC1=NC2(CCN(S(=O)(=O)c3ccccc3)CC2)N=C1c1ccccc1. The molecule has 1 spiro atoms. The van der Waals surface area contributed by atoms with Gasteiger partial charge in [0.05, 0.1) is 10.6 Å². The topological polar surface area (TPSA) is 62.1 Å². The fourth-order valence-electron chi connectivity index (χ4n) is 3.59. The smallest absolute Gasteiger partial charge is 0.243 e. The monoisotopic (exact) mass is 413 g/mol. The lowest BCUT2D eigenvalue weighted by Gasteiger charge is -2.34. The van der Waals surface area contributed by atoms with Crippen molar-refractivity contribution in [3.05, 3.63) is 66.2 Å². The van der Waals surface area contributed by atoms with Crippen LogP contribution in [-0.2, 0) is 10.0 Å². The highest BCUT2D eigenvalue weighted by Crippen LogP contribution is 2.36. The number of sulfonamides is 1. The van der Waals surface area contributed by atoms with Crippen molar-refractivity contribution in [2.45, 2.75) is 30.3 Å². The Morgan fingerprint density at radius 2 is 1.57 bits per heavy atom. The van der Waals surface area contributed by atoms with Gasteiger partial charge in [-0.3, -0.25) is 4.99 Å². The minimum atomic E-state index is -3.47. The molecule has 2 aromatic rings. The van der Waals surface area contributed by atoms with Gasteiger partial charge in [-0.15, -0.1) is 11.8 Å². The van der Waals surface area contributed by atoms with Crippen LogP contribution in [0.5, 0.6) is 0 Å². The molecule has 0 bridgehead atoms. The maximum Gasteiger partial charge on any atom is 0.243 e. The lowest BCUT2D eigenvalue weighted by Crippen LogP contribution is -2.44. The summed E-state index contributed by atoms with van der Waals surface area (Å²) < 4.78 is 27.3. The Morgan fingerprint density at radius 3 is 2.18 bits per heavy atom. The summed E-state index contributed by atoms with van der Waals surface area (Å²) in [4.78, 5) is 10.3. The van der Waals surface area contributed by atoms with Gasteiger partial charge in [-0.05, 0) is 17.9 Å². The zero-order valence-electron chi connectivity index (χ0n) is 15.8. The lowest BCUT2D eigenvalue weighted by atomic mass is 10.00. The molecule has 0 unspecified atom stereocenters. The highest BCUT2D eigenvalue weighted by atomic mass is 32.2. The van der Waals surface area contributed by atoms with E-state index >= 15 is 0 Å². The standard InChI is InChI=1S/C21H23N3O2S2/c1-2-27-20-19(17-9-5-3-6-10-17)22-21(23-20)13-15-24(16-14-21)28(25,26)18-11-7-4-8-12-18/h3-12H,2,13-16H2,1H3. The Hall–Kier alpha value is -1.96. The second-order valence-electron chi connectivity index (χ2n) is 6.88. The molecule has 7 heteroatoms. The molecule has 2 aliphatic heterocycles. The average Bonchev–Trinajstić information content (AvgIpc) is 3.08. The number of thioether (sulfide) groups is 1. The summed E-state index contributed by atoms with van der Waals surface area (Å²) in [7, 11) is -3.47. The van der Waals surface area contributed by atoms with Crippen LogP contribution in [0.1, 0.15) is 25.3 Å². The first-order valence-electron chi connectivity index (χ1n) is 9.48. The van der Waals surface area contributed by atoms with Crippen LogP contribution in [0, 0.1) is 0 Å². The first-order chi connectivity index (χ1) is 13.5. The minimum Gasteiger partial charge on any atom is -0.252 e. The molecule has 4 rings (SSSR count). The maximum atomic E-state index is 12.9. The number of piperidine rings is 1. The highest BCUT2D eigenvalue weighted by Gasteiger charge is 2.42. The second kappa shape index (κ2) is 7.81. The number of rotatable bonds is 4. The molecule has 1 saturated heterocycles. The molecule has 0 saturated carbocycles. The van der Waals surface area contributed by atoms with E-state index in [4.69, 9.17) is 9.98 Å². The van der Waals surface area contributed by atoms with Crippen molar-refractivity contribution in [2.75, 3.05) is 18.8 Å². The van der Waals surface area contributed by atoms with E-state index in [0.29, 0.717) is 30.8 Å². The lowest BCUT2D eigenvalue weighted by molar-refractivity contribution is 0.249. The number of benzene rings is 2. The van der Waals surface area contributed by atoms with Gasteiger partial charge in [-0.25, -0.2) is 13.4 Å². The Kier molecular flexibility index (Phi) is 5.40. The molecular formula is C21H23N3O2S2. The zero-order valence-corrected chi connectivity index (χ0v) is 17.4. The molecule has 2 aliphatic rings. The van der Waals surface area contributed by atoms with Crippen molar-refractivity contribution in [3.63, 3.8) is 0 Å². The molecule has 0 amide bonds. The van der Waals surface area contributed by atoms with E-state index < -0.39 is 15.7 Å². The van der Waals surface area contributed by atoms with Gasteiger partial charge < -0.3 is 0 Å². The zero-order chi connectivity index (χ0) is 19.6. The molecule has 0 atom stereocenters. The first-order valence-corrected chi connectivity index (χ1v) is 11.9. The third kappa shape index (κ3) is 3.66. The fraction of sp³-hybridized carbons (Fsp3) is 0.333. The van der Waals surface area contributed by atoms with Crippen LogP contribution in [-0.4, -0.2) is 48.0 Å². The van der Waals surface area contributed by atoms with Crippen molar-refractivity contribution < 1.29 is 8.42 Å². The normalized spacial score (nSPS) is 19.5. The van der Waals surface area contributed by atoms with Gasteiger partial charge in [-0.2, -0.15) is 4.31 Å². The predicted molar refractivity (Wildman–Crippen MR) is 116 cm³/mol. The number of aliphatic imine (C=N–C) groups is 2. The van der Waals surface area contributed by atoms with Crippen LogP contribution in [0.15, 0.2) is 75.5 Å². The van der Waals surface area contributed by atoms with Crippen molar-refractivity contribution in [3.8, 4) is 0 Å². The largest absolute Gasteiger partial charge is 0.252 e. The molecule has 0 N–H and O–H groups in total. The van der Waals surface area contributed by atoms with Crippen LogP contribution >= 0.6 is 11.8 Å². The van der Waals surface area contributed by atoms with Gasteiger partial charge >= 0.3 is 0 Å². The van der Waals surface area contributed by atoms with Crippen LogP contribution in [0.2, 0.25) is 0 Å². The second-order valence-corrected chi connectivity index (χ2v) is 10.1. The van der Waals surface area contributed by atoms with Crippen molar-refractivity contribution >= 4 is 32.5 Å². The van der Waals surface area contributed by atoms with E-state index in [-0.39, 0.29) is 0 Å². The van der Waals surface area contributed by atoms with Gasteiger partial charge in [0.1, 0.15) is 5.04 Å². The summed E-state index contributed by atoms with van der Waals surface area (Å²) in [5.74, 6) is 0.926. The summed E-state index contributed by atoms with van der Waals surface area (Å²) in [6, 6.07) is 18.7. The summed E-state index contributed by atoms with van der Waals surface area (Å²) in [5.41, 5.74) is 1.47. The summed E-state index contributed by atoms with van der Waals surface area (Å²) in [6.45, 7) is 2.96. The fourth-order valence-corrected chi connectivity index (χ4v) is 5.86. The van der Waals surface area contributed by atoms with Crippen LogP contribution in [0.25, 0.3) is 0 Å². The average molecular weight is 414 g/mol. The summed E-state index contributed by atoms with van der Waals surface area (Å²) in [5, 5.41) is 0.966. The molecule has 2 aromatic carbocycles. The van der Waals surface area contributed by atoms with Gasteiger partial charge in [0.25, 0.3) is 0 Å². The van der Waals surface area contributed by atoms with Gasteiger partial charge in [0.15, 0.2) is 5.66 Å². The van der Waals surface area contributed by atoms with E-state index in [1.807, 2.05) is 24.3 Å². The third-order valence-corrected chi connectivity index (χ3v) is 7.82. The maximum absolute atomic E-state index is 12.9. The number of nitrogens with zero attached hydrogens (tertiary/aromatic N) is 3. The molecule has 2 heterocycles. The van der Waals surface area contributed by atoms with E-state index in [9.17, 15) is 8.42 Å². The molecule has 1 fully saturated rings. The molecule has 0 radical (unpaired) electrons. The van der Waals surface area contributed by atoms with Gasteiger partial charge in [-0.1, -0.05) is 55.5 Å². The molecule has 28 heavy (non-hydrogen) atoms. The first kappa shape index (κ1) is 19.4. The van der Waals surface area contributed by atoms with Gasteiger partial charge in [0, 0.05) is 31.5 Å². The van der Waals surface area contributed by atoms with E-state index in [1.165, 1.54) is 0 Å². The molecule has 0 aromatic heterocycles. The third-order valence-electron chi connectivity index (χ3n) is 5.06. The Labute approximate surface area is 170 Å². The minimum absolute atomic E-state index is 0.344. The van der Waals surface area contributed by atoms with Crippen LogP contribution < -0.4 is 0 Å². The molecule has 5 nitrogen and oxygen atoms in total. The molecule has 146 valence electrons. The number of hydrogen-bond acceptors (Lipinski definition) is 5. The number of hydrogen-bond donors (Lipinski definition) is 0. The van der Waals surface area contributed by atoms with Gasteiger partial charge in [0.2, 0.25) is 10.0 Å². The summed E-state index contributed by atoms with van der Waals surface area (Å²) in [6.07, 6.45) is 1.20.